The summed E-state index contributed by atoms with van der Waals surface area (Å²) in [7, 11) is 3.43. The Morgan fingerprint density at radius 2 is 1.52 bits per heavy atom. The quantitative estimate of drug-likeness (QED) is 0.0192. The largest absolute Gasteiger partial charge is 0.382 e. The molecule has 6 N–H and O–H groups in total. The zero-order chi connectivity index (χ0) is 62.5. The molecule has 85 heavy (non-hydrogen) atoms. The summed E-state index contributed by atoms with van der Waals surface area (Å²) in [6.07, 6.45) is 27.0. The minimum absolute atomic E-state index is 0.0509. The Labute approximate surface area is 506 Å². The zero-order valence-electron chi connectivity index (χ0n) is 52.6. The number of fused-ring (bicyclic) bond motifs is 1. The molecule has 0 bridgehead atoms. The number of hydrogen-bond donors (Lipinski definition) is 6. The fourth-order valence-corrected chi connectivity index (χ4v) is 9.16. The number of allylic oxidation sites excluding steroid dienone is 3. The Kier molecular flexibility index (Phi) is 40.1. The number of nitrogens with one attached hydrogen (secondary N) is 6. The molecule has 3 aliphatic rings. The summed E-state index contributed by atoms with van der Waals surface area (Å²) in [6.45, 7) is 23.2. The van der Waals surface area contributed by atoms with E-state index in [1.165, 1.54) is 29.9 Å². The van der Waals surface area contributed by atoms with Crippen LogP contribution in [0, 0.1) is 0 Å². The molecule has 2 aromatic heterocycles. The molecular weight excluding hydrogens is 1080 g/mol. The van der Waals surface area contributed by atoms with Crippen molar-refractivity contribution in [3.8, 4) is 0 Å². The number of unbranched alkanes of at least 4 members (excludes halogenated alkanes) is 3. The topological polar surface area (TPSA) is 259 Å². The Morgan fingerprint density at radius 1 is 0.800 bits per heavy atom. The van der Waals surface area contributed by atoms with Crippen molar-refractivity contribution in [3.05, 3.63) is 113 Å². The van der Waals surface area contributed by atoms with E-state index in [4.69, 9.17) is 19.5 Å². The first-order valence-electron chi connectivity index (χ1n) is 30.6. The highest BCUT2D eigenvalue weighted by Gasteiger charge is 2.36. The maximum absolute atomic E-state index is 11.3. The molecule has 0 fully saturated rings. The van der Waals surface area contributed by atoms with E-state index in [9.17, 15) is 28.8 Å². The molecule has 6 rings (SSSR count). The first kappa shape index (κ1) is 73.9. The molecule has 4 unspecified atom stereocenters. The lowest BCUT2D eigenvalue weighted by atomic mass is 9.86. The highest BCUT2D eigenvalue weighted by atomic mass is 16.5. The highest BCUT2D eigenvalue weighted by molar-refractivity contribution is 6.12. The van der Waals surface area contributed by atoms with Gasteiger partial charge in [-0.15, -0.1) is 0 Å². The predicted molar refractivity (Wildman–Crippen MR) is 340 cm³/mol. The van der Waals surface area contributed by atoms with Gasteiger partial charge in [0.05, 0.1) is 63.4 Å². The van der Waals surface area contributed by atoms with Crippen molar-refractivity contribution in [2.45, 2.75) is 157 Å². The van der Waals surface area contributed by atoms with Crippen LogP contribution in [-0.2, 0) is 51.2 Å². The molecule has 1 aromatic carbocycles. The van der Waals surface area contributed by atoms with Gasteiger partial charge in [0.25, 0.3) is 11.8 Å². The first-order chi connectivity index (χ1) is 41.4. The van der Waals surface area contributed by atoms with Gasteiger partial charge < -0.3 is 50.5 Å². The molecule has 21 heteroatoms. The minimum Gasteiger partial charge on any atom is -0.382 e. The number of imide groups is 1. The molecule has 0 aliphatic carbocycles. The van der Waals surface area contributed by atoms with Gasteiger partial charge in [0.1, 0.15) is 30.5 Å². The minimum atomic E-state index is -0.455. The number of aromatic amines is 1. The van der Waals surface area contributed by atoms with Crippen LogP contribution >= 0.6 is 0 Å². The number of H-pyrrole nitrogens is 1. The lowest BCUT2D eigenvalue weighted by Gasteiger charge is -2.37. The number of likely N-dealkylation sites (N-methyl/N-ethyl adjacent to an activating group) is 3. The lowest BCUT2D eigenvalue weighted by molar-refractivity contribution is -0.137. The SMILES string of the molecule is CC.CCC=C(CCCCCN1C(=O)C=CC1=O)NCC=O.CCCCC(C)N(CCC)C1=NC2C(=CC=NC2c2ccn[nH]2)C(c2ccnn2CCOCCOCCC)=C1.CCNC(=O)CNC.CNCC(=O)NC(C=O)Cc1ccccc1. The fourth-order valence-electron chi connectivity index (χ4n) is 9.16. The van der Waals surface area contributed by atoms with Crippen molar-refractivity contribution in [2.75, 3.05) is 79.8 Å². The molecule has 470 valence electrons. The third-order valence-corrected chi connectivity index (χ3v) is 13.2. The molecular formula is C64H101N13O8. The molecule has 5 heterocycles. The number of hydrogen-bond acceptors (Lipinski definition) is 16. The summed E-state index contributed by atoms with van der Waals surface area (Å²) in [5.74, 6) is 0.477. The standard InChI is InChI=1S/C30H45N7O2.C15H22N2O3.C12H16N2O2.C5H12N2O.C2H6/c1-5-8-9-23(4)36(16-6-2)28-22-25(24-10-13-31-30(29(24)34-28)26-11-14-32-35-26)27-12-15-33-37(27)17-19-39-21-20-38-18-7-3;1-2-6-13(16-10-12-18)7-4-3-5-11-17-14(19)8-9-15(17)20;1-13-8-12(16)14-11(9-15)7-10-5-3-2-4-6-10;1-3-7-5(8)4-6-2;1-2/h10-15,22-23,29-30H,5-9,16-21H2,1-4H3,(H,32,35);6,8-9,12,16H,2-5,7,10-11H2,1H3;2-6,9,11,13H,7-8H2,1H3,(H,14,16);6H,3-4H2,1-2H3,(H,7,8);1-2H3. The number of amides is 4. The lowest BCUT2D eigenvalue weighted by Crippen LogP contribution is -2.41. The molecule has 0 spiro atoms. The molecule has 0 saturated carbocycles. The second-order valence-electron chi connectivity index (χ2n) is 19.9. The number of nitrogens with zero attached hydrogens (tertiary/aromatic N) is 7. The zero-order valence-corrected chi connectivity index (χ0v) is 52.6. The van der Waals surface area contributed by atoms with E-state index in [0.29, 0.717) is 65.0 Å². The van der Waals surface area contributed by atoms with Gasteiger partial charge in [-0.05, 0) is 115 Å². The van der Waals surface area contributed by atoms with Crippen LogP contribution in [0.15, 0.2) is 106 Å². The average Bonchev–Trinajstić information content (AvgIpc) is 3.86. The van der Waals surface area contributed by atoms with Crippen molar-refractivity contribution in [3.63, 3.8) is 0 Å². The monoisotopic (exact) mass is 1180 g/mol. The summed E-state index contributed by atoms with van der Waals surface area (Å²) in [4.78, 5) is 79.5. The van der Waals surface area contributed by atoms with E-state index >= 15 is 0 Å². The van der Waals surface area contributed by atoms with E-state index in [1.54, 1.807) is 20.3 Å². The molecule has 21 nitrogen and oxygen atoms in total. The number of dihydropyridines is 2. The van der Waals surface area contributed by atoms with Gasteiger partial charge in [0.15, 0.2) is 0 Å². The van der Waals surface area contributed by atoms with Gasteiger partial charge in [0.2, 0.25) is 11.8 Å². The number of amidine groups is 1. The maximum Gasteiger partial charge on any atom is 0.253 e. The number of aliphatic imine (C=N–C) groups is 2. The van der Waals surface area contributed by atoms with Crippen LogP contribution in [0.25, 0.3) is 5.57 Å². The Balaban J connectivity index is 0.000000446. The van der Waals surface area contributed by atoms with Crippen molar-refractivity contribution < 1.29 is 38.2 Å². The van der Waals surface area contributed by atoms with Crippen molar-refractivity contribution in [1.29, 1.82) is 0 Å². The Bertz CT molecular complexity index is 2510. The number of carbonyl (C=O) groups is 6. The maximum atomic E-state index is 11.3. The van der Waals surface area contributed by atoms with E-state index in [0.717, 1.165) is 117 Å². The summed E-state index contributed by atoms with van der Waals surface area (Å²) in [6, 6.07) is 13.3. The van der Waals surface area contributed by atoms with Crippen molar-refractivity contribution >= 4 is 53.8 Å². The molecule has 3 aliphatic heterocycles. The first-order valence-corrected chi connectivity index (χ1v) is 30.6. The third kappa shape index (κ3) is 28.5. The van der Waals surface area contributed by atoms with E-state index in [1.807, 2.05) is 74.3 Å². The van der Waals surface area contributed by atoms with Crippen LogP contribution in [0.3, 0.4) is 0 Å². The van der Waals surface area contributed by atoms with Crippen LogP contribution in [0.5, 0.6) is 0 Å². The smallest absolute Gasteiger partial charge is 0.253 e. The molecule has 4 amide bonds. The summed E-state index contributed by atoms with van der Waals surface area (Å²) in [5, 5.41) is 25.8. The van der Waals surface area contributed by atoms with E-state index in [-0.39, 0.29) is 42.3 Å². The Morgan fingerprint density at radius 3 is 2.14 bits per heavy atom. The molecule has 0 saturated heterocycles. The second-order valence-corrected chi connectivity index (χ2v) is 19.9. The second kappa shape index (κ2) is 46.1. The van der Waals surface area contributed by atoms with Gasteiger partial charge in [-0.25, -0.2) is 0 Å². The molecule has 3 aromatic rings. The third-order valence-electron chi connectivity index (χ3n) is 13.2. The van der Waals surface area contributed by atoms with E-state index < -0.39 is 6.04 Å². The Hall–Kier alpha value is -7.20. The van der Waals surface area contributed by atoms with Gasteiger partial charge in [0, 0.05) is 74.3 Å². The molecule has 0 radical (unpaired) electrons. The van der Waals surface area contributed by atoms with Gasteiger partial charge in [-0.2, -0.15) is 10.2 Å². The number of aromatic nitrogens is 4. The van der Waals surface area contributed by atoms with Crippen LogP contribution in [0.4, 0.5) is 0 Å². The van der Waals surface area contributed by atoms with Crippen molar-refractivity contribution in [1.82, 2.24) is 56.4 Å². The fraction of sp³-hybridized carbons (Fsp3) is 0.562. The number of rotatable bonds is 35. The average molecular weight is 1180 g/mol. The summed E-state index contributed by atoms with van der Waals surface area (Å²) in [5.41, 5.74) is 6.47. The van der Waals surface area contributed by atoms with Gasteiger partial charge in [-0.3, -0.25) is 43.8 Å². The number of carbonyl (C=O) groups excluding carboxylic acids is 6. The van der Waals surface area contributed by atoms with Gasteiger partial charge >= 0.3 is 0 Å². The highest BCUT2D eigenvalue weighted by Crippen LogP contribution is 2.40. The van der Waals surface area contributed by atoms with Crippen molar-refractivity contribution in [2.24, 2.45) is 9.98 Å². The number of ether oxygens (including phenoxy) is 2. The normalized spacial score (nSPS) is 15.5. The van der Waals surface area contributed by atoms with Crippen LogP contribution in [-0.4, -0.2) is 176 Å². The number of benzene rings is 1. The molecule has 4 atom stereocenters. The van der Waals surface area contributed by atoms with Crippen LogP contribution in [0.2, 0.25) is 0 Å². The van der Waals surface area contributed by atoms with Gasteiger partial charge in [-0.1, -0.05) is 97.2 Å². The number of aldehydes is 2. The van der Waals surface area contributed by atoms with Crippen LogP contribution in [0.1, 0.15) is 143 Å². The predicted octanol–water partition coefficient (Wildman–Crippen LogP) is 7.31. The summed E-state index contributed by atoms with van der Waals surface area (Å²) >= 11 is 0. The summed E-state index contributed by atoms with van der Waals surface area (Å²) < 4.78 is 13.4. The van der Waals surface area contributed by atoms with Crippen LogP contribution < -0.4 is 26.6 Å². The van der Waals surface area contributed by atoms with E-state index in [2.05, 4.69) is 106 Å².